The van der Waals surface area contributed by atoms with Gasteiger partial charge in [0, 0.05) is 12.0 Å². The first-order valence-electron chi connectivity index (χ1n) is 10.7. The Morgan fingerprint density at radius 3 is 2.43 bits per heavy atom. The van der Waals surface area contributed by atoms with Gasteiger partial charge in [-0.1, -0.05) is 48.5 Å². The van der Waals surface area contributed by atoms with E-state index in [4.69, 9.17) is 0 Å². The van der Waals surface area contributed by atoms with Gasteiger partial charge in [-0.05, 0) is 40.1 Å². The number of hydrogen-bond donors (Lipinski definition) is 3. The smallest absolute Gasteiger partial charge is 0.256 e. The van der Waals surface area contributed by atoms with Crippen molar-refractivity contribution in [3.63, 3.8) is 0 Å². The first-order valence-corrected chi connectivity index (χ1v) is 11.5. The van der Waals surface area contributed by atoms with Crippen molar-refractivity contribution in [2.24, 2.45) is 0 Å². The van der Waals surface area contributed by atoms with Crippen molar-refractivity contribution in [1.82, 2.24) is 5.32 Å². The molecule has 150 valence electrons. The Hall–Kier alpha value is -2.89. The number of likely N-dealkylation sites (N-methyl/N-ethyl adjacent to an activating group) is 1. The summed E-state index contributed by atoms with van der Waals surface area (Å²) in [6, 6.07) is 19.1. The maximum absolute atomic E-state index is 13.3. The summed E-state index contributed by atoms with van der Waals surface area (Å²) in [4.78, 5) is 16.2. The van der Waals surface area contributed by atoms with Gasteiger partial charge in [0.2, 0.25) is 0 Å². The first-order chi connectivity index (χ1) is 14.7. The van der Waals surface area contributed by atoms with E-state index in [2.05, 4.69) is 72.2 Å². The highest BCUT2D eigenvalue weighted by Crippen LogP contribution is 2.41. The lowest BCUT2D eigenvalue weighted by atomic mass is 9.93. The molecule has 30 heavy (non-hydrogen) atoms. The van der Waals surface area contributed by atoms with Crippen LogP contribution in [0, 0.1) is 0 Å². The van der Waals surface area contributed by atoms with Crippen molar-refractivity contribution in [3.8, 4) is 0 Å². The van der Waals surface area contributed by atoms with Gasteiger partial charge < -0.3 is 15.5 Å². The third-order valence-corrected chi connectivity index (χ3v) is 7.77. The van der Waals surface area contributed by atoms with E-state index in [1.165, 1.54) is 32.0 Å². The topological polar surface area (TPSA) is 45.6 Å². The summed E-state index contributed by atoms with van der Waals surface area (Å²) < 4.78 is 0. The standard InChI is InChI=1S/C25H23N3OS/c1-2-28-12-11-19-20(14-28)30-25-22(19)24(29)26-23(27-25)21-17-9-5-3-7-15(17)13-16-8-4-6-10-18(16)21/h3-10,13,23,27H,2,11-12,14H2,1H3,(H,26,29)/p+1/t23-/m0/s1. The highest BCUT2D eigenvalue weighted by atomic mass is 32.1. The van der Waals surface area contributed by atoms with Gasteiger partial charge in [-0.3, -0.25) is 4.79 Å². The Bertz CT molecular complexity index is 1250. The van der Waals surface area contributed by atoms with Crippen LogP contribution in [0.5, 0.6) is 0 Å². The predicted molar refractivity (Wildman–Crippen MR) is 123 cm³/mol. The number of benzene rings is 3. The quantitative estimate of drug-likeness (QED) is 0.436. The van der Waals surface area contributed by atoms with Gasteiger partial charge in [0.1, 0.15) is 17.7 Å². The SMILES string of the molecule is CC[NH+]1CCc2c(sc3c2C(=O)N[C@H](c2c4ccccc4cc4ccccc24)N3)C1. The molecule has 0 saturated heterocycles. The summed E-state index contributed by atoms with van der Waals surface area (Å²) >= 11 is 1.78. The van der Waals surface area contributed by atoms with Gasteiger partial charge in [-0.25, -0.2) is 0 Å². The fourth-order valence-electron chi connectivity index (χ4n) is 5.05. The molecule has 2 aliphatic heterocycles. The number of anilines is 1. The van der Waals surface area contributed by atoms with Crippen molar-refractivity contribution >= 4 is 43.8 Å². The van der Waals surface area contributed by atoms with E-state index in [9.17, 15) is 4.79 Å². The molecule has 4 aromatic rings. The second kappa shape index (κ2) is 6.83. The lowest BCUT2D eigenvalue weighted by molar-refractivity contribution is -0.913. The molecule has 3 aromatic carbocycles. The van der Waals surface area contributed by atoms with Gasteiger partial charge in [0.15, 0.2) is 0 Å². The van der Waals surface area contributed by atoms with Gasteiger partial charge >= 0.3 is 0 Å². The Kier molecular flexibility index (Phi) is 4.08. The minimum absolute atomic E-state index is 0.0585. The van der Waals surface area contributed by atoms with Crippen LogP contribution in [0.3, 0.4) is 0 Å². The summed E-state index contributed by atoms with van der Waals surface area (Å²) in [6.07, 6.45) is 0.747. The molecular weight excluding hydrogens is 390 g/mol. The van der Waals surface area contributed by atoms with Crippen LogP contribution in [-0.4, -0.2) is 19.0 Å². The lowest BCUT2D eigenvalue weighted by Gasteiger charge is -2.29. The van der Waals surface area contributed by atoms with Crippen LogP contribution < -0.4 is 15.5 Å². The van der Waals surface area contributed by atoms with Gasteiger partial charge in [0.05, 0.1) is 23.5 Å². The Balaban J connectivity index is 1.50. The van der Waals surface area contributed by atoms with Crippen LogP contribution in [0.4, 0.5) is 5.00 Å². The largest absolute Gasteiger partial charge is 0.353 e. The Morgan fingerprint density at radius 2 is 1.73 bits per heavy atom. The number of hydrogen-bond acceptors (Lipinski definition) is 3. The minimum atomic E-state index is -0.240. The number of rotatable bonds is 2. The van der Waals surface area contributed by atoms with E-state index >= 15 is 0 Å². The number of carbonyl (C=O) groups excluding carboxylic acids is 1. The molecule has 2 aliphatic rings. The van der Waals surface area contributed by atoms with Crippen LogP contribution in [0.15, 0.2) is 54.6 Å². The molecule has 0 radical (unpaired) electrons. The van der Waals surface area contributed by atoms with Crippen molar-refractivity contribution < 1.29 is 9.69 Å². The number of amides is 1. The first kappa shape index (κ1) is 17.9. The zero-order valence-electron chi connectivity index (χ0n) is 16.9. The van der Waals surface area contributed by atoms with E-state index in [1.807, 2.05) is 0 Å². The van der Waals surface area contributed by atoms with Crippen molar-refractivity contribution in [2.45, 2.75) is 26.1 Å². The summed E-state index contributed by atoms with van der Waals surface area (Å²) in [5.74, 6) is 0.0585. The molecule has 0 aliphatic carbocycles. The zero-order chi connectivity index (χ0) is 20.2. The molecule has 2 atom stereocenters. The number of nitrogens with one attached hydrogen (secondary N) is 3. The fourth-order valence-corrected chi connectivity index (χ4v) is 6.40. The molecule has 6 rings (SSSR count). The second-order valence-electron chi connectivity index (χ2n) is 8.27. The van der Waals surface area contributed by atoms with Gasteiger partial charge in [0.25, 0.3) is 5.91 Å². The summed E-state index contributed by atoms with van der Waals surface area (Å²) in [5, 5.41) is 12.8. The molecule has 1 amide bonds. The highest BCUT2D eigenvalue weighted by molar-refractivity contribution is 7.16. The van der Waals surface area contributed by atoms with E-state index < -0.39 is 0 Å². The molecule has 0 fully saturated rings. The van der Waals surface area contributed by atoms with Gasteiger partial charge in [-0.15, -0.1) is 11.3 Å². The maximum atomic E-state index is 13.3. The van der Waals surface area contributed by atoms with Crippen LogP contribution in [0.1, 0.15) is 39.5 Å². The third-order valence-electron chi connectivity index (χ3n) is 6.61. The number of fused-ring (bicyclic) bond motifs is 5. The van der Waals surface area contributed by atoms with Crippen LogP contribution >= 0.6 is 11.3 Å². The second-order valence-corrected chi connectivity index (χ2v) is 9.38. The summed E-state index contributed by atoms with van der Waals surface area (Å²) in [7, 11) is 0. The average molecular weight is 415 g/mol. The third kappa shape index (κ3) is 2.66. The molecular formula is C25H24N3OS+. The molecule has 0 saturated carbocycles. The number of quaternary nitrogens is 1. The molecule has 0 spiro atoms. The van der Waals surface area contributed by atoms with E-state index in [0.717, 1.165) is 42.2 Å². The number of thiophene rings is 1. The monoisotopic (exact) mass is 414 g/mol. The number of carbonyl (C=O) groups is 1. The average Bonchev–Trinajstić information content (AvgIpc) is 3.15. The van der Waals surface area contributed by atoms with Crippen molar-refractivity contribution in [2.75, 3.05) is 18.4 Å². The Morgan fingerprint density at radius 1 is 1.03 bits per heavy atom. The predicted octanol–water partition coefficient (Wildman–Crippen LogP) is 3.87. The molecule has 4 nitrogen and oxygen atoms in total. The molecule has 3 N–H and O–H groups in total. The van der Waals surface area contributed by atoms with Crippen LogP contribution in [0.2, 0.25) is 0 Å². The molecule has 0 bridgehead atoms. The lowest BCUT2D eigenvalue weighted by Crippen LogP contribution is -3.11. The van der Waals surface area contributed by atoms with E-state index in [1.54, 1.807) is 16.2 Å². The van der Waals surface area contributed by atoms with Gasteiger partial charge in [-0.2, -0.15) is 0 Å². The molecule has 1 aromatic heterocycles. The molecule has 5 heteroatoms. The van der Waals surface area contributed by atoms with E-state index in [0.29, 0.717) is 0 Å². The fraction of sp³-hybridized carbons (Fsp3) is 0.240. The highest BCUT2D eigenvalue weighted by Gasteiger charge is 2.35. The van der Waals surface area contributed by atoms with E-state index in [-0.39, 0.29) is 12.1 Å². The van der Waals surface area contributed by atoms with Crippen molar-refractivity contribution in [1.29, 1.82) is 0 Å². The summed E-state index contributed by atoms with van der Waals surface area (Å²) in [6.45, 7) is 5.50. The van der Waals surface area contributed by atoms with Crippen LogP contribution in [-0.2, 0) is 13.0 Å². The normalized spacial score (nSPS) is 20.5. The molecule has 3 heterocycles. The minimum Gasteiger partial charge on any atom is -0.353 e. The molecule has 1 unspecified atom stereocenters. The maximum Gasteiger partial charge on any atom is 0.256 e. The summed E-state index contributed by atoms with van der Waals surface area (Å²) in [5.41, 5.74) is 3.29. The Labute approximate surface area is 179 Å². The van der Waals surface area contributed by atoms with Crippen LogP contribution in [0.25, 0.3) is 21.5 Å². The zero-order valence-corrected chi connectivity index (χ0v) is 17.7. The van der Waals surface area contributed by atoms with Crippen molar-refractivity contribution in [3.05, 3.63) is 76.2 Å².